The summed E-state index contributed by atoms with van der Waals surface area (Å²) in [6.07, 6.45) is 3.28. The number of rotatable bonds is 12. The highest BCUT2D eigenvalue weighted by Gasteiger charge is 2.41. The van der Waals surface area contributed by atoms with Gasteiger partial charge in [0.1, 0.15) is 19.3 Å². The summed E-state index contributed by atoms with van der Waals surface area (Å²) in [5, 5.41) is 7.24. The Morgan fingerprint density at radius 3 is 2.44 bits per heavy atom. The lowest BCUT2D eigenvalue weighted by atomic mass is 10.1. The van der Waals surface area contributed by atoms with Crippen molar-refractivity contribution in [3.05, 3.63) is 80.4 Å². The van der Waals surface area contributed by atoms with Crippen molar-refractivity contribution in [2.75, 3.05) is 31.2 Å². The van der Waals surface area contributed by atoms with E-state index in [1.165, 1.54) is 18.0 Å². The first-order valence-electron chi connectivity index (χ1n) is 14.6. The largest absolute Gasteiger partial charge is 0.487 e. The molecule has 2 N–H and O–H groups in total. The summed E-state index contributed by atoms with van der Waals surface area (Å²) in [6, 6.07) is 11.7. The number of amides is 3. The van der Waals surface area contributed by atoms with E-state index in [2.05, 4.69) is 15.6 Å². The lowest BCUT2D eigenvalue weighted by molar-refractivity contribution is -0.136. The normalized spacial score (nSPS) is 16.3. The highest BCUT2D eigenvalue weighted by molar-refractivity contribution is 6.37. The van der Waals surface area contributed by atoms with E-state index in [1.807, 2.05) is 19.1 Å². The molecule has 238 valence electrons. The van der Waals surface area contributed by atoms with Gasteiger partial charge in [-0.2, -0.15) is 0 Å². The molecule has 13 heteroatoms. The second-order valence-corrected chi connectivity index (χ2v) is 12.3. The number of benzene rings is 2. The SMILES string of the molecule is CC(=O)NCc1ccc(Cl)c(CN(C(=O)[C@H]2CNCC(=O)N2c2ccc(OCCOc3c(Cl)cc(C)cc3Cl)nc2)C2CC2)c1. The molecule has 1 aliphatic carbocycles. The molecule has 2 aliphatic rings. The third-order valence-electron chi connectivity index (χ3n) is 7.46. The van der Waals surface area contributed by atoms with Crippen LogP contribution in [0.15, 0.2) is 48.7 Å². The Labute approximate surface area is 276 Å². The Balaban J connectivity index is 1.25. The monoisotopic (exact) mass is 673 g/mol. The van der Waals surface area contributed by atoms with E-state index in [-0.39, 0.29) is 43.5 Å². The zero-order valence-corrected chi connectivity index (χ0v) is 27.2. The van der Waals surface area contributed by atoms with Gasteiger partial charge in [0.25, 0.3) is 0 Å². The van der Waals surface area contributed by atoms with E-state index >= 15 is 0 Å². The van der Waals surface area contributed by atoms with Crippen LogP contribution < -0.4 is 25.0 Å². The van der Waals surface area contributed by atoms with Crippen LogP contribution >= 0.6 is 34.8 Å². The molecule has 45 heavy (non-hydrogen) atoms. The lowest BCUT2D eigenvalue weighted by Gasteiger charge is -2.38. The van der Waals surface area contributed by atoms with Gasteiger partial charge in [0.15, 0.2) is 5.75 Å². The fourth-order valence-corrected chi connectivity index (χ4v) is 6.02. The Bertz CT molecular complexity index is 1540. The maximum Gasteiger partial charge on any atom is 0.247 e. The highest BCUT2D eigenvalue weighted by atomic mass is 35.5. The van der Waals surface area contributed by atoms with Crippen LogP contribution in [-0.2, 0) is 27.5 Å². The fourth-order valence-electron chi connectivity index (χ4n) is 5.14. The molecule has 2 aromatic carbocycles. The average Bonchev–Trinajstić information content (AvgIpc) is 3.84. The zero-order chi connectivity index (χ0) is 32.1. The number of nitrogens with one attached hydrogen (secondary N) is 2. The fraction of sp³-hybridized carbons (Fsp3) is 0.375. The van der Waals surface area contributed by atoms with Crippen LogP contribution in [0.3, 0.4) is 0 Å². The van der Waals surface area contributed by atoms with Gasteiger partial charge in [-0.15, -0.1) is 0 Å². The number of aryl methyl sites for hydroxylation is 1. The third kappa shape index (κ3) is 8.38. The minimum Gasteiger partial charge on any atom is -0.487 e. The third-order valence-corrected chi connectivity index (χ3v) is 8.39. The molecule has 1 aliphatic heterocycles. The predicted molar refractivity (Wildman–Crippen MR) is 173 cm³/mol. The number of carbonyl (C=O) groups is 3. The molecule has 2 fully saturated rings. The van der Waals surface area contributed by atoms with Crippen molar-refractivity contribution < 1.29 is 23.9 Å². The van der Waals surface area contributed by atoms with E-state index in [9.17, 15) is 14.4 Å². The smallest absolute Gasteiger partial charge is 0.247 e. The zero-order valence-electron chi connectivity index (χ0n) is 24.9. The van der Waals surface area contributed by atoms with Crippen LogP contribution in [0.1, 0.15) is 36.5 Å². The Morgan fingerprint density at radius 1 is 1.04 bits per heavy atom. The topological polar surface area (TPSA) is 113 Å². The van der Waals surface area contributed by atoms with E-state index in [4.69, 9.17) is 44.3 Å². The van der Waals surface area contributed by atoms with E-state index in [0.717, 1.165) is 29.5 Å². The number of aromatic nitrogens is 1. The van der Waals surface area contributed by atoms with Crippen LogP contribution in [0.25, 0.3) is 0 Å². The molecule has 1 saturated carbocycles. The summed E-state index contributed by atoms with van der Waals surface area (Å²) in [7, 11) is 0. The second-order valence-electron chi connectivity index (χ2n) is 11.1. The molecular formula is C32H34Cl3N5O5. The number of ether oxygens (including phenoxy) is 2. The van der Waals surface area contributed by atoms with Crippen LogP contribution in [0.4, 0.5) is 5.69 Å². The molecule has 2 heterocycles. The minimum absolute atomic E-state index is 0.0623. The molecule has 0 bridgehead atoms. The number of carbonyl (C=O) groups excluding carboxylic acids is 3. The molecule has 3 amide bonds. The van der Waals surface area contributed by atoms with Gasteiger partial charge >= 0.3 is 0 Å². The quantitative estimate of drug-likeness (QED) is 0.262. The van der Waals surface area contributed by atoms with Crippen LogP contribution in [0.2, 0.25) is 15.1 Å². The number of pyridine rings is 1. The van der Waals surface area contributed by atoms with Crippen LogP contribution in [0, 0.1) is 6.92 Å². The Kier molecular flexibility index (Phi) is 10.7. The van der Waals surface area contributed by atoms with Gasteiger partial charge < -0.3 is 25.0 Å². The van der Waals surface area contributed by atoms with Gasteiger partial charge in [-0.1, -0.05) is 46.9 Å². The van der Waals surface area contributed by atoms with Gasteiger partial charge in [0.2, 0.25) is 23.6 Å². The standard InChI is InChI=1S/C32H34Cl3N5O5/c1-19-11-26(34)31(27(35)12-19)45-10-9-44-29-8-6-24(15-38-29)40-28(16-36-17-30(40)42)32(43)39(23-4-5-23)18-22-13-21(3-7-25(22)33)14-37-20(2)41/h3,6-8,11-13,15,23,28,36H,4-5,9-10,14,16-18H2,1-2H3,(H,37,41)/t28-/m1/s1. The Morgan fingerprint density at radius 2 is 1.78 bits per heavy atom. The highest BCUT2D eigenvalue weighted by Crippen LogP contribution is 2.34. The molecule has 1 atom stereocenters. The number of piperazine rings is 1. The molecule has 1 aromatic heterocycles. The minimum atomic E-state index is -0.765. The summed E-state index contributed by atoms with van der Waals surface area (Å²) in [4.78, 5) is 46.3. The number of nitrogens with zero attached hydrogens (tertiary/aromatic N) is 3. The molecule has 5 rings (SSSR count). The van der Waals surface area contributed by atoms with Crippen molar-refractivity contribution in [1.29, 1.82) is 0 Å². The molecule has 0 unspecified atom stereocenters. The van der Waals surface area contributed by atoms with Crippen molar-refractivity contribution in [1.82, 2.24) is 20.5 Å². The van der Waals surface area contributed by atoms with Crippen molar-refractivity contribution in [2.45, 2.75) is 51.9 Å². The van der Waals surface area contributed by atoms with Crippen molar-refractivity contribution in [2.24, 2.45) is 0 Å². The van der Waals surface area contributed by atoms with Crippen LogP contribution in [0.5, 0.6) is 11.6 Å². The molecule has 3 aromatic rings. The summed E-state index contributed by atoms with van der Waals surface area (Å²) in [6.45, 7) is 4.78. The van der Waals surface area contributed by atoms with Crippen molar-refractivity contribution >= 4 is 58.2 Å². The van der Waals surface area contributed by atoms with Gasteiger partial charge in [0, 0.05) is 43.7 Å². The first kappa shape index (κ1) is 32.8. The molecule has 10 nitrogen and oxygen atoms in total. The summed E-state index contributed by atoms with van der Waals surface area (Å²) in [5.74, 6) is 0.188. The molecule has 0 radical (unpaired) electrons. The first-order chi connectivity index (χ1) is 21.6. The number of hydrogen-bond acceptors (Lipinski definition) is 7. The first-order valence-corrected chi connectivity index (χ1v) is 15.8. The van der Waals surface area contributed by atoms with Crippen LogP contribution in [-0.4, -0.2) is 66.0 Å². The maximum absolute atomic E-state index is 14.1. The summed E-state index contributed by atoms with van der Waals surface area (Å²) < 4.78 is 11.4. The number of anilines is 1. The number of hydrogen-bond donors (Lipinski definition) is 2. The molecule has 0 spiro atoms. The second kappa shape index (κ2) is 14.7. The van der Waals surface area contributed by atoms with E-state index < -0.39 is 6.04 Å². The van der Waals surface area contributed by atoms with Crippen molar-refractivity contribution in [3.8, 4) is 11.6 Å². The summed E-state index contributed by atoms with van der Waals surface area (Å²) in [5.41, 5.74) is 3.08. The maximum atomic E-state index is 14.1. The van der Waals surface area contributed by atoms with E-state index in [1.54, 1.807) is 35.2 Å². The Hall–Kier alpha value is -3.57. The van der Waals surface area contributed by atoms with Gasteiger partial charge in [-0.25, -0.2) is 4.98 Å². The van der Waals surface area contributed by atoms with E-state index in [0.29, 0.717) is 52.0 Å². The molecular weight excluding hydrogens is 641 g/mol. The number of halogens is 3. The van der Waals surface area contributed by atoms with Gasteiger partial charge in [-0.3, -0.25) is 19.3 Å². The van der Waals surface area contributed by atoms with Crippen molar-refractivity contribution in [3.63, 3.8) is 0 Å². The van der Waals surface area contributed by atoms with Gasteiger partial charge in [0.05, 0.1) is 28.5 Å². The average molecular weight is 675 g/mol. The summed E-state index contributed by atoms with van der Waals surface area (Å²) >= 11 is 19.0. The predicted octanol–water partition coefficient (Wildman–Crippen LogP) is 4.94. The van der Waals surface area contributed by atoms with Gasteiger partial charge in [-0.05, 0) is 60.7 Å². The molecule has 1 saturated heterocycles. The lowest BCUT2D eigenvalue weighted by Crippen LogP contribution is -2.61.